The maximum absolute atomic E-state index is 13.1. The van der Waals surface area contributed by atoms with E-state index >= 15 is 0 Å². The van der Waals surface area contributed by atoms with Crippen LogP contribution in [0, 0.1) is 0 Å². The van der Waals surface area contributed by atoms with Crippen LogP contribution < -0.4 is 20.1 Å². The van der Waals surface area contributed by atoms with Gasteiger partial charge in [-0.3, -0.25) is 19.8 Å². The minimum atomic E-state index is -0.875. The number of carbonyl (C=O) groups excluding carboxylic acids is 1. The van der Waals surface area contributed by atoms with Crippen molar-refractivity contribution in [1.29, 1.82) is 0 Å². The van der Waals surface area contributed by atoms with Gasteiger partial charge >= 0.3 is 5.97 Å². The maximum atomic E-state index is 13.1. The Bertz CT molecular complexity index is 1890. The molecule has 7 rings (SSSR count). The number of halogens is 2. The molecule has 3 aliphatic rings. The van der Waals surface area contributed by atoms with Crippen LogP contribution in [0.2, 0.25) is 10.0 Å². The van der Waals surface area contributed by atoms with Crippen LogP contribution in [0.25, 0.3) is 11.1 Å². The number of methoxy groups -OCH3 is 1. The Labute approximate surface area is 281 Å². The highest BCUT2D eigenvalue weighted by molar-refractivity contribution is 6.36. The number of aliphatic carboxylic acids is 1. The van der Waals surface area contributed by atoms with Crippen molar-refractivity contribution in [3.63, 3.8) is 0 Å². The number of carboxylic acids is 1. The molecule has 2 aliphatic carbocycles. The second-order valence-corrected chi connectivity index (χ2v) is 13.1. The molecule has 3 aromatic carbocycles. The minimum Gasteiger partial charge on any atom is -0.496 e. The lowest BCUT2D eigenvalue weighted by atomic mass is 9.96. The second-order valence-electron chi connectivity index (χ2n) is 12.3. The summed E-state index contributed by atoms with van der Waals surface area (Å²) in [5.74, 6) is 0.692. The van der Waals surface area contributed by atoms with E-state index in [2.05, 4.69) is 25.6 Å². The summed E-state index contributed by atoms with van der Waals surface area (Å²) >= 11 is 13.6. The molecule has 1 unspecified atom stereocenters. The third kappa shape index (κ3) is 6.04. The Morgan fingerprint density at radius 1 is 1.09 bits per heavy atom. The van der Waals surface area contributed by atoms with Crippen molar-refractivity contribution in [3.05, 3.63) is 86.9 Å². The second kappa shape index (κ2) is 12.5. The van der Waals surface area contributed by atoms with Gasteiger partial charge in [0.1, 0.15) is 29.0 Å². The molecule has 0 saturated heterocycles. The van der Waals surface area contributed by atoms with E-state index in [0.717, 1.165) is 59.4 Å². The Kier molecular flexibility index (Phi) is 8.33. The lowest BCUT2D eigenvalue weighted by Crippen LogP contribution is -2.38. The largest absolute Gasteiger partial charge is 0.496 e. The van der Waals surface area contributed by atoms with Crippen LogP contribution in [-0.2, 0) is 30.8 Å². The molecule has 1 aliphatic heterocycles. The number of rotatable bonds is 10. The van der Waals surface area contributed by atoms with E-state index in [9.17, 15) is 14.7 Å². The zero-order chi connectivity index (χ0) is 32.9. The van der Waals surface area contributed by atoms with Crippen LogP contribution >= 0.6 is 23.2 Å². The number of fused-ring (bicyclic) bond motifs is 2. The van der Waals surface area contributed by atoms with E-state index in [0.29, 0.717) is 53.3 Å². The van der Waals surface area contributed by atoms with Gasteiger partial charge in [-0.2, -0.15) is 0 Å². The molecule has 47 heavy (non-hydrogen) atoms. The van der Waals surface area contributed by atoms with E-state index < -0.39 is 17.4 Å². The van der Waals surface area contributed by atoms with Gasteiger partial charge in [0.2, 0.25) is 5.82 Å². The molecule has 1 fully saturated rings. The fourth-order valence-corrected chi connectivity index (χ4v) is 6.87. The molecule has 4 aromatic rings. The van der Waals surface area contributed by atoms with Crippen molar-refractivity contribution in [3.8, 4) is 22.6 Å². The van der Waals surface area contributed by atoms with Crippen molar-refractivity contribution in [1.82, 2.24) is 25.0 Å². The van der Waals surface area contributed by atoms with Crippen LogP contribution in [0.4, 0.5) is 5.69 Å². The SMILES string of the molecule is COc1cc(OC2CCc3c(-c4cccc(NC(=O)c5nc6n(n5)CN(C)CC6)c4Cl)cccc32)c(Cl)cc1CNC1(C(=O)O)CC1. The van der Waals surface area contributed by atoms with Gasteiger partial charge in [0, 0.05) is 36.7 Å². The highest BCUT2D eigenvalue weighted by Crippen LogP contribution is 2.45. The fourth-order valence-electron chi connectivity index (χ4n) is 6.37. The number of hydrogen-bond acceptors (Lipinski definition) is 8. The zero-order valence-electron chi connectivity index (χ0n) is 26.0. The third-order valence-corrected chi connectivity index (χ3v) is 9.88. The van der Waals surface area contributed by atoms with Crippen molar-refractivity contribution in [2.45, 2.75) is 57.0 Å². The molecule has 0 radical (unpaired) electrons. The van der Waals surface area contributed by atoms with Crippen LogP contribution in [0.3, 0.4) is 0 Å². The minimum absolute atomic E-state index is 0.115. The van der Waals surface area contributed by atoms with Crippen molar-refractivity contribution in [2.24, 2.45) is 0 Å². The molecule has 1 aromatic heterocycles. The number of ether oxygens (including phenoxy) is 2. The number of nitrogens with zero attached hydrogens (tertiary/aromatic N) is 4. The van der Waals surface area contributed by atoms with Crippen LogP contribution in [0.15, 0.2) is 48.5 Å². The summed E-state index contributed by atoms with van der Waals surface area (Å²) in [6.07, 6.45) is 3.15. The first-order valence-electron chi connectivity index (χ1n) is 15.5. The number of carbonyl (C=O) groups is 2. The predicted octanol–water partition coefficient (Wildman–Crippen LogP) is 5.73. The number of aromatic nitrogens is 3. The summed E-state index contributed by atoms with van der Waals surface area (Å²) in [6, 6.07) is 15.1. The van der Waals surface area contributed by atoms with Crippen molar-refractivity contribution >= 4 is 40.8 Å². The third-order valence-electron chi connectivity index (χ3n) is 9.18. The standard InChI is InChI=1S/C34H34Cl2N6O5/c1-41-14-11-29-39-31(40-42(29)18-41)32(43)38-25-8-4-7-23(30(25)36)20-5-3-6-22-21(20)9-10-26(22)47-28-16-27(46-2)19(15-24(28)35)17-37-34(12-13-34)33(44)45/h3-8,15-16,26,37H,9-14,17-18H2,1-2H3,(H,38,43)(H,44,45). The molecule has 3 N–H and O–H groups in total. The lowest BCUT2D eigenvalue weighted by Gasteiger charge is -2.21. The number of hydrogen-bond donors (Lipinski definition) is 3. The molecule has 244 valence electrons. The molecule has 1 amide bonds. The van der Waals surface area contributed by atoms with E-state index in [1.54, 1.807) is 30.0 Å². The van der Waals surface area contributed by atoms with Gasteiger partial charge in [-0.1, -0.05) is 53.5 Å². The molecule has 2 heterocycles. The van der Waals surface area contributed by atoms with Gasteiger partial charge in [-0.15, -0.1) is 5.10 Å². The molecular formula is C34H34Cl2N6O5. The summed E-state index contributed by atoms with van der Waals surface area (Å²) in [6.45, 7) is 1.76. The topological polar surface area (TPSA) is 131 Å². The van der Waals surface area contributed by atoms with Crippen molar-refractivity contribution < 1.29 is 24.2 Å². The average Bonchev–Trinajstić information content (AvgIpc) is 3.57. The first-order chi connectivity index (χ1) is 22.7. The highest BCUT2D eigenvalue weighted by Gasteiger charge is 2.50. The number of nitrogens with one attached hydrogen (secondary N) is 2. The summed E-state index contributed by atoms with van der Waals surface area (Å²) < 4.78 is 13.9. The normalized spacial score (nSPS) is 17.9. The number of likely N-dealkylation sites (N-methyl/N-ethyl adjacent to an activating group) is 1. The number of anilines is 1. The van der Waals surface area contributed by atoms with Crippen LogP contribution in [0.5, 0.6) is 11.5 Å². The smallest absolute Gasteiger partial charge is 0.323 e. The molecule has 11 nitrogen and oxygen atoms in total. The number of benzene rings is 3. The van der Waals surface area contributed by atoms with Crippen molar-refractivity contribution in [2.75, 3.05) is 26.0 Å². The zero-order valence-corrected chi connectivity index (χ0v) is 27.5. The van der Waals surface area contributed by atoms with E-state index in [4.69, 9.17) is 32.7 Å². The monoisotopic (exact) mass is 676 g/mol. The van der Waals surface area contributed by atoms with Gasteiger partial charge < -0.3 is 19.9 Å². The van der Waals surface area contributed by atoms with E-state index in [-0.39, 0.29) is 11.9 Å². The Morgan fingerprint density at radius 3 is 2.64 bits per heavy atom. The van der Waals surface area contributed by atoms with Crippen LogP contribution in [-0.4, -0.2) is 62.9 Å². The van der Waals surface area contributed by atoms with E-state index in [1.165, 1.54) is 0 Å². The summed E-state index contributed by atoms with van der Waals surface area (Å²) in [5, 5.41) is 20.8. The van der Waals surface area contributed by atoms with Gasteiger partial charge in [0.25, 0.3) is 5.91 Å². The highest BCUT2D eigenvalue weighted by atomic mass is 35.5. The first-order valence-corrected chi connectivity index (χ1v) is 16.3. The Morgan fingerprint density at radius 2 is 1.87 bits per heavy atom. The lowest BCUT2D eigenvalue weighted by molar-refractivity contribution is -0.140. The van der Waals surface area contributed by atoms with Gasteiger partial charge in [0.15, 0.2) is 0 Å². The quantitative estimate of drug-likeness (QED) is 0.193. The molecule has 0 spiro atoms. The fraction of sp³-hybridized carbons (Fsp3) is 0.353. The molecule has 1 saturated carbocycles. The molecule has 0 bridgehead atoms. The molecular weight excluding hydrogens is 643 g/mol. The van der Waals surface area contributed by atoms with Crippen LogP contribution in [0.1, 0.15) is 58.5 Å². The predicted molar refractivity (Wildman–Crippen MR) is 177 cm³/mol. The number of carboxylic acid groups (broad SMARTS) is 1. The first kappa shape index (κ1) is 31.4. The van der Waals surface area contributed by atoms with Gasteiger partial charge in [-0.05, 0) is 61.6 Å². The summed E-state index contributed by atoms with van der Waals surface area (Å²) in [7, 11) is 3.57. The molecule has 13 heteroatoms. The summed E-state index contributed by atoms with van der Waals surface area (Å²) in [4.78, 5) is 31.3. The van der Waals surface area contributed by atoms with Gasteiger partial charge in [-0.25, -0.2) is 9.67 Å². The van der Waals surface area contributed by atoms with E-state index in [1.807, 2.05) is 37.4 Å². The molecule has 1 atom stereocenters. The Balaban J connectivity index is 1.10. The number of amides is 1. The average molecular weight is 678 g/mol. The Hall–Kier alpha value is -4.16. The maximum Gasteiger partial charge on any atom is 0.323 e. The summed E-state index contributed by atoms with van der Waals surface area (Å²) in [5.41, 5.74) is 4.26. The van der Waals surface area contributed by atoms with Gasteiger partial charge in [0.05, 0.1) is 29.5 Å².